The van der Waals surface area contributed by atoms with E-state index in [9.17, 15) is 28.8 Å². The largest absolute Gasteiger partial charge is 0.356 e. The summed E-state index contributed by atoms with van der Waals surface area (Å²) >= 11 is 0. The molecule has 0 atom stereocenters. The zero-order valence-electron chi connectivity index (χ0n) is 15.8. The van der Waals surface area contributed by atoms with Crippen molar-refractivity contribution in [2.24, 2.45) is 0 Å². The van der Waals surface area contributed by atoms with Crippen LogP contribution in [0.1, 0.15) is 44.9 Å². The first-order valence-electron chi connectivity index (χ1n) is 9.06. The third-order valence-electron chi connectivity index (χ3n) is 3.91. The fraction of sp³-hybridized carbons (Fsp3) is 0.556. The third-order valence-corrected chi connectivity index (χ3v) is 3.91. The quantitative estimate of drug-likeness (QED) is 0.211. The van der Waals surface area contributed by atoms with Gasteiger partial charge in [-0.3, -0.25) is 24.1 Å². The molecular weight excluding hydrogens is 370 g/mol. The van der Waals surface area contributed by atoms with E-state index in [1.54, 1.807) is 0 Å². The number of amides is 4. The van der Waals surface area contributed by atoms with Crippen molar-refractivity contribution >= 4 is 35.9 Å². The Kier molecular flexibility index (Phi) is 10.2. The van der Waals surface area contributed by atoms with Gasteiger partial charge in [0.05, 0.1) is 0 Å². The van der Waals surface area contributed by atoms with E-state index >= 15 is 0 Å². The molecule has 0 radical (unpaired) electrons. The summed E-state index contributed by atoms with van der Waals surface area (Å²) in [7, 11) is 1.32. The standard InChI is InChI=1S/C18H25N3O7/c1-20(15(24)6-5-13-22)28-18(27)7-3-2-4-11-19-14(23)10-12-21-16(25)8-9-17(21)26/h8-9,13H,2-7,10-12H2,1H3,(H,19,23). The van der Waals surface area contributed by atoms with Gasteiger partial charge in [-0.1, -0.05) is 6.42 Å². The average Bonchev–Trinajstić information content (AvgIpc) is 2.98. The summed E-state index contributed by atoms with van der Waals surface area (Å²) in [6.45, 7) is 0.458. The summed E-state index contributed by atoms with van der Waals surface area (Å²) in [5, 5.41) is 3.52. The number of aldehydes is 1. The Morgan fingerprint density at radius 2 is 1.75 bits per heavy atom. The fourth-order valence-corrected chi connectivity index (χ4v) is 2.34. The number of unbranched alkanes of at least 4 members (excludes halogenated alkanes) is 2. The van der Waals surface area contributed by atoms with Crippen molar-refractivity contribution in [2.75, 3.05) is 20.1 Å². The van der Waals surface area contributed by atoms with Crippen LogP contribution in [0.4, 0.5) is 0 Å². The number of hydrogen-bond donors (Lipinski definition) is 1. The SMILES string of the molecule is CN(OC(=O)CCCCCNC(=O)CCN1C(=O)C=CC1=O)C(=O)CCC=O. The summed E-state index contributed by atoms with van der Waals surface area (Å²) in [6.07, 6.45) is 5.05. The van der Waals surface area contributed by atoms with Crippen LogP contribution in [-0.2, 0) is 33.6 Å². The van der Waals surface area contributed by atoms with Crippen LogP contribution in [0.25, 0.3) is 0 Å². The van der Waals surface area contributed by atoms with E-state index in [1.165, 1.54) is 19.2 Å². The van der Waals surface area contributed by atoms with E-state index in [4.69, 9.17) is 4.84 Å². The van der Waals surface area contributed by atoms with Gasteiger partial charge in [0.2, 0.25) is 5.91 Å². The molecule has 0 unspecified atom stereocenters. The van der Waals surface area contributed by atoms with Crippen LogP contribution in [0.3, 0.4) is 0 Å². The minimum atomic E-state index is -0.542. The summed E-state index contributed by atoms with van der Waals surface area (Å²) in [5.74, 6) is -2.08. The molecule has 0 spiro atoms. The van der Waals surface area contributed by atoms with Gasteiger partial charge in [-0.25, -0.2) is 4.79 Å². The van der Waals surface area contributed by atoms with Crippen LogP contribution in [0.2, 0.25) is 0 Å². The van der Waals surface area contributed by atoms with Crippen LogP contribution in [0, 0.1) is 0 Å². The first-order valence-corrected chi connectivity index (χ1v) is 9.06. The lowest BCUT2D eigenvalue weighted by atomic mass is 10.2. The molecule has 0 fully saturated rings. The van der Waals surface area contributed by atoms with Gasteiger partial charge in [-0.15, -0.1) is 0 Å². The monoisotopic (exact) mass is 395 g/mol. The van der Waals surface area contributed by atoms with E-state index in [0.29, 0.717) is 32.1 Å². The average molecular weight is 395 g/mol. The maximum atomic E-state index is 11.7. The highest BCUT2D eigenvalue weighted by atomic mass is 16.7. The van der Waals surface area contributed by atoms with Gasteiger partial charge in [-0.05, 0) is 12.8 Å². The van der Waals surface area contributed by atoms with Gasteiger partial charge in [0, 0.05) is 58.0 Å². The molecule has 1 rings (SSSR count). The third kappa shape index (κ3) is 8.56. The van der Waals surface area contributed by atoms with Crippen molar-refractivity contribution in [3.8, 4) is 0 Å². The predicted octanol–water partition coefficient (Wildman–Crippen LogP) is -0.126. The van der Waals surface area contributed by atoms with Crippen LogP contribution < -0.4 is 5.32 Å². The highest BCUT2D eigenvalue weighted by Crippen LogP contribution is 2.05. The summed E-state index contributed by atoms with van der Waals surface area (Å²) in [4.78, 5) is 73.6. The first-order chi connectivity index (χ1) is 13.3. The number of nitrogens with zero attached hydrogens (tertiary/aromatic N) is 2. The number of carbonyl (C=O) groups excluding carboxylic acids is 6. The minimum Gasteiger partial charge on any atom is -0.356 e. The first kappa shape index (κ1) is 23.0. The number of nitrogens with one attached hydrogen (secondary N) is 1. The highest BCUT2D eigenvalue weighted by molar-refractivity contribution is 6.13. The molecule has 10 nitrogen and oxygen atoms in total. The number of rotatable bonds is 12. The fourth-order valence-electron chi connectivity index (χ4n) is 2.34. The molecule has 0 saturated carbocycles. The molecule has 4 amide bonds. The van der Waals surface area contributed by atoms with Crippen LogP contribution >= 0.6 is 0 Å². The van der Waals surface area contributed by atoms with Gasteiger partial charge in [0.1, 0.15) is 6.29 Å². The van der Waals surface area contributed by atoms with E-state index in [-0.39, 0.29) is 38.1 Å². The Morgan fingerprint density at radius 1 is 1.07 bits per heavy atom. The van der Waals surface area contributed by atoms with Gasteiger partial charge in [0.15, 0.2) is 0 Å². The molecule has 154 valence electrons. The van der Waals surface area contributed by atoms with E-state index in [0.717, 1.165) is 9.96 Å². The van der Waals surface area contributed by atoms with Crippen molar-refractivity contribution in [3.05, 3.63) is 12.2 Å². The lowest BCUT2D eigenvalue weighted by Gasteiger charge is -2.15. The smallest absolute Gasteiger partial charge is 0.332 e. The maximum Gasteiger partial charge on any atom is 0.332 e. The minimum absolute atomic E-state index is 0.0103. The van der Waals surface area contributed by atoms with E-state index in [1.807, 2.05) is 0 Å². The topological polar surface area (TPSA) is 130 Å². The molecule has 10 heteroatoms. The molecule has 1 aliphatic heterocycles. The van der Waals surface area contributed by atoms with Crippen molar-refractivity contribution in [1.82, 2.24) is 15.3 Å². The number of hydrogen-bond acceptors (Lipinski definition) is 7. The molecule has 1 N–H and O–H groups in total. The van der Waals surface area contributed by atoms with Gasteiger partial charge < -0.3 is 14.9 Å². The van der Waals surface area contributed by atoms with Crippen LogP contribution in [0.5, 0.6) is 0 Å². The molecule has 0 bridgehead atoms. The van der Waals surface area contributed by atoms with Crippen molar-refractivity contribution in [3.63, 3.8) is 0 Å². The molecule has 0 aromatic rings. The van der Waals surface area contributed by atoms with Crippen LogP contribution in [0.15, 0.2) is 12.2 Å². The normalized spacial score (nSPS) is 12.8. The van der Waals surface area contributed by atoms with E-state index in [2.05, 4.69) is 5.32 Å². The Hall–Kier alpha value is -3.04. The summed E-state index contributed by atoms with van der Waals surface area (Å²) in [5.41, 5.74) is 0. The highest BCUT2D eigenvalue weighted by Gasteiger charge is 2.23. The predicted molar refractivity (Wildman–Crippen MR) is 96.1 cm³/mol. The molecule has 28 heavy (non-hydrogen) atoms. The Bertz CT molecular complexity index is 627. The number of hydroxylamine groups is 2. The molecular formula is C18H25N3O7. The molecule has 1 heterocycles. The Morgan fingerprint density at radius 3 is 2.39 bits per heavy atom. The lowest BCUT2D eigenvalue weighted by Crippen LogP contribution is -2.34. The van der Waals surface area contributed by atoms with Crippen LogP contribution in [-0.4, -0.2) is 66.0 Å². The summed E-state index contributed by atoms with van der Waals surface area (Å²) in [6, 6.07) is 0. The molecule has 0 aromatic carbocycles. The second-order valence-electron chi connectivity index (χ2n) is 6.13. The van der Waals surface area contributed by atoms with Gasteiger partial charge in [-0.2, -0.15) is 5.06 Å². The zero-order valence-corrected chi connectivity index (χ0v) is 15.8. The van der Waals surface area contributed by atoms with Crippen molar-refractivity contribution in [2.45, 2.75) is 44.9 Å². The molecule has 0 aromatic heterocycles. The Labute approximate surface area is 162 Å². The van der Waals surface area contributed by atoms with Gasteiger partial charge >= 0.3 is 5.97 Å². The van der Waals surface area contributed by atoms with Crippen molar-refractivity contribution in [1.29, 1.82) is 0 Å². The second kappa shape index (κ2) is 12.4. The summed E-state index contributed by atoms with van der Waals surface area (Å²) < 4.78 is 0. The zero-order chi connectivity index (χ0) is 20.9. The maximum absolute atomic E-state index is 11.7. The lowest BCUT2D eigenvalue weighted by molar-refractivity contribution is -0.192. The van der Waals surface area contributed by atoms with Gasteiger partial charge in [0.25, 0.3) is 17.7 Å². The van der Waals surface area contributed by atoms with Crippen molar-refractivity contribution < 1.29 is 33.6 Å². The molecule has 1 aliphatic rings. The number of imide groups is 1. The second-order valence-corrected chi connectivity index (χ2v) is 6.13. The van der Waals surface area contributed by atoms with E-state index < -0.39 is 23.7 Å². The molecule has 0 aliphatic carbocycles. The number of carbonyl (C=O) groups is 6. The Balaban J connectivity index is 2.04. The molecule has 0 saturated heterocycles.